The predicted molar refractivity (Wildman–Crippen MR) is 112 cm³/mol. The second-order valence-corrected chi connectivity index (χ2v) is 8.13. The Bertz CT molecular complexity index is 1010. The van der Waals surface area contributed by atoms with Crippen molar-refractivity contribution < 1.29 is 9.32 Å². The molecule has 0 bridgehead atoms. The molecule has 1 atom stereocenters. The molecule has 28 heavy (non-hydrogen) atoms. The summed E-state index contributed by atoms with van der Waals surface area (Å²) in [5, 5.41) is 9.22. The van der Waals surface area contributed by atoms with Gasteiger partial charge >= 0.3 is 6.03 Å². The number of rotatable bonds is 5. The molecule has 0 radical (unpaired) electrons. The molecule has 4 rings (SSSR count). The van der Waals surface area contributed by atoms with Gasteiger partial charge in [0.25, 0.3) is 5.89 Å². The first-order chi connectivity index (χ1) is 13.6. The molecule has 6 nitrogen and oxygen atoms in total. The number of allylic oxidation sites excluding steroid dienone is 1. The normalized spacial score (nSPS) is 17.2. The largest absolute Gasteiger partial charge is 0.334 e. The van der Waals surface area contributed by atoms with E-state index in [1.54, 1.807) is 28.0 Å². The topological polar surface area (TPSA) is 71.3 Å². The van der Waals surface area contributed by atoms with Crippen molar-refractivity contribution in [1.29, 1.82) is 0 Å². The van der Waals surface area contributed by atoms with Crippen molar-refractivity contribution in [2.45, 2.75) is 24.8 Å². The van der Waals surface area contributed by atoms with E-state index in [0.29, 0.717) is 18.3 Å². The molecule has 1 aliphatic heterocycles. The molecule has 0 saturated heterocycles. The first-order valence-electron chi connectivity index (χ1n) is 8.93. The first-order valence-corrected chi connectivity index (χ1v) is 11.0. The van der Waals surface area contributed by atoms with Gasteiger partial charge in [-0.15, -0.1) is 23.1 Å². The van der Waals surface area contributed by atoms with Crippen molar-refractivity contribution >= 4 is 34.7 Å². The van der Waals surface area contributed by atoms with E-state index in [-0.39, 0.29) is 12.1 Å². The lowest BCUT2D eigenvalue weighted by Crippen LogP contribution is -2.45. The number of hydrogen-bond donors (Lipinski definition) is 1. The number of carbonyl (C=O) groups is 1. The molecular formula is C20H20N4O2S2. The van der Waals surface area contributed by atoms with Crippen LogP contribution >= 0.6 is 23.1 Å². The molecule has 1 N–H and O–H groups in total. The molecule has 0 spiro atoms. The SMILES string of the molecule is CCN1C(=O)NC(c2ccc(SC)cc2)C(c2nc(-c3cccs3)no2)=C1C. The van der Waals surface area contributed by atoms with Crippen LogP contribution in [0, 0.1) is 0 Å². The monoisotopic (exact) mass is 412 g/mol. The van der Waals surface area contributed by atoms with Crippen molar-refractivity contribution in [2.24, 2.45) is 0 Å². The van der Waals surface area contributed by atoms with Gasteiger partial charge in [0.15, 0.2) is 0 Å². The molecule has 0 saturated carbocycles. The Labute approximate surface area is 171 Å². The Morgan fingerprint density at radius 2 is 2.07 bits per heavy atom. The number of aromatic nitrogens is 2. The Kier molecular flexibility index (Phi) is 5.23. The highest BCUT2D eigenvalue weighted by atomic mass is 32.2. The van der Waals surface area contributed by atoms with Gasteiger partial charge in [0.05, 0.1) is 16.5 Å². The quantitative estimate of drug-likeness (QED) is 0.595. The summed E-state index contributed by atoms with van der Waals surface area (Å²) in [5.74, 6) is 0.986. The van der Waals surface area contributed by atoms with E-state index in [1.807, 2.05) is 49.7 Å². The summed E-state index contributed by atoms with van der Waals surface area (Å²) < 4.78 is 5.63. The fourth-order valence-corrected chi connectivity index (χ4v) is 4.38. The van der Waals surface area contributed by atoms with Gasteiger partial charge in [-0.2, -0.15) is 4.98 Å². The van der Waals surface area contributed by atoms with Gasteiger partial charge in [0, 0.05) is 17.1 Å². The molecule has 2 aromatic heterocycles. The van der Waals surface area contributed by atoms with Crippen LogP contribution in [0.4, 0.5) is 4.79 Å². The Balaban J connectivity index is 1.80. The Morgan fingerprint density at radius 1 is 1.29 bits per heavy atom. The average molecular weight is 413 g/mol. The minimum atomic E-state index is -0.345. The lowest BCUT2D eigenvalue weighted by atomic mass is 9.95. The summed E-state index contributed by atoms with van der Waals surface area (Å²) in [6, 6.07) is 11.6. The fourth-order valence-electron chi connectivity index (χ4n) is 3.32. The van der Waals surface area contributed by atoms with Crippen LogP contribution in [0.15, 0.2) is 56.9 Å². The van der Waals surface area contributed by atoms with Crippen LogP contribution in [-0.4, -0.2) is 33.9 Å². The zero-order chi connectivity index (χ0) is 19.7. The Hall–Kier alpha value is -2.58. The number of amides is 2. The second-order valence-electron chi connectivity index (χ2n) is 6.30. The standard InChI is InChI=1S/C20H20N4O2S2/c1-4-24-12(2)16(19-22-18(23-26-19)15-6-5-11-28-15)17(21-20(24)25)13-7-9-14(27-3)10-8-13/h5-11,17H,4H2,1-3H3,(H,21,25). The molecule has 2 amide bonds. The van der Waals surface area contributed by atoms with Crippen LogP contribution in [0.1, 0.15) is 31.3 Å². The molecule has 1 unspecified atom stereocenters. The highest BCUT2D eigenvalue weighted by Gasteiger charge is 2.35. The summed E-state index contributed by atoms with van der Waals surface area (Å²) >= 11 is 3.24. The van der Waals surface area contributed by atoms with Crippen LogP contribution < -0.4 is 5.32 Å². The van der Waals surface area contributed by atoms with E-state index in [9.17, 15) is 4.79 Å². The molecule has 3 heterocycles. The maximum absolute atomic E-state index is 12.6. The highest BCUT2D eigenvalue weighted by molar-refractivity contribution is 7.98. The maximum atomic E-state index is 12.6. The smallest absolute Gasteiger partial charge is 0.322 e. The van der Waals surface area contributed by atoms with Gasteiger partial charge in [-0.3, -0.25) is 4.90 Å². The lowest BCUT2D eigenvalue weighted by Gasteiger charge is -2.34. The van der Waals surface area contributed by atoms with Gasteiger partial charge in [-0.1, -0.05) is 23.4 Å². The number of nitrogens with one attached hydrogen (secondary N) is 1. The van der Waals surface area contributed by atoms with Gasteiger partial charge in [0.2, 0.25) is 5.82 Å². The van der Waals surface area contributed by atoms with Crippen LogP contribution in [0.25, 0.3) is 16.3 Å². The van der Waals surface area contributed by atoms with E-state index in [0.717, 1.165) is 21.7 Å². The third-order valence-corrected chi connectivity index (χ3v) is 6.37. The lowest BCUT2D eigenvalue weighted by molar-refractivity contribution is 0.207. The number of thiophene rings is 1. The van der Waals surface area contributed by atoms with E-state index in [1.165, 1.54) is 4.90 Å². The van der Waals surface area contributed by atoms with Crippen molar-refractivity contribution in [3.05, 3.63) is 58.9 Å². The van der Waals surface area contributed by atoms with Crippen molar-refractivity contribution in [3.8, 4) is 10.7 Å². The number of hydrogen-bond acceptors (Lipinski definition) is 6. The molecule has 144 valence electrons. The van der Waals surface area contributed by atoms with Gasteiger partial charge < -0.3 is 9.84 Å². The third kappa shape index (κ3) is 3.33. The predicted octanol–water partition coefficient (Wildman–Crippen LogP) is 5.04. The summed E-state index contributed by atoms with van der Waals surface area (Å²) in [5.41, 5.74) is 2.63. The summed E-state index contributed by atoms with van der Waals surface area (Å²) in [4.78, 5) is 21.1. The molecule has 1 aromatic carbocycles. The molecule has 0 aliphatic carbocycles. The van der Waals surface area contributed by atoms with Crippen LogP contribution in [0.3, 0.4) is 0 Å². The van der Waals surface area contributed by atoms with Crippen LogP contribution in [0.5, 0.6) is 0 Å². The summed E-state index contributed by atoms with van der Waals surface area (Å²) in [6.45, 7) is 4.43. The van der Waals surface area contributed by atoms with Gasteiger partial charge in [-0.05, 0) is 49.2 Å². The number of carbonyl (C=O) groups excluding carboxylic acids is 1. The molecular weight excluding hydrogens is 392 g/mol. The van der Waals surface area contributed by atoms with E-state index in [4.69, 9.17) is 4.52 Å². The third-order valence-electron chi connectivity index (χ3n) is 4.76. The van der Waals surface area contributed by atoms with Crippen molar-refractivity contribution in [1.82, 2.24) is 20.4 Å². The number of benzene rings is 1. The molecule has 1 aliphatic rings. The number of nitrogens with zero attached hydrogens (tertiary/aromatic N) is 3. The minimum Gasteiger partial charge on any atom is -0.334 e. The molecule has 8 heteroatoms. The molecule has 3 aromatic rings. The second kappa shape index (κ2) is 7.81. The van der Waals surface area contributed by atoms with Gasteiger partial charge in [0.1, 0.15) is 0 Å². The zero-order valence-corrected chi connectivity index (χ0v) is 17.4. The van der Waals surface area contributed by atoms with Gasteiger partial charge in [-0.25, -0.2) is 4.79 Å². The molecule has 0 fully saturated rings. The minimum absolute atomic E-state index is 0.124. The summed E-state index contributed by atoms with van der Waals surface area (Å²) in [7, 11) is 0. The zero-order valence-electron chi connectivity index (χ0n) is 15.8. The van der Waals surface area contributed by atoms with E-state index >= 15 is 0 Å². The fraction of sp³-hybridized carbons (Fsp3) is 0.250. The van der Waals surface area contributed by atoms with Crippen molar-refractivity contribution in [2.75, 3.05) is 12.8 Å². The number of thioether (sulfide) groups is 1. The van der Waals surface area contributed by atoms with Crippen LogP contribution in [-0.2, 0) is 0 Å². The summed E-state index contributed by atoms with van der Waals surface area (Å²) in [6.07, 6.45) is 2.04. The van der Waals surface area contributed by atoms with E-state index in [2.05, 4.69) is 27.6 Å². The highest BCUT2D eigenvalue weighted by Crippen LogP contribution is 2.37. The maximum Gasteiger partial charge on any atom is 0.322 e. The Morgan fingerprint density at radius 3 is 2.71 bits per heavy atom. The van der Waals surface area contributed by atoms with Crippen molar-refractivity contribution in [3.63, 3.8) is 0 Å². The average Bonchev–Trinajstić information content (AvgIpc) is 3.40. The van der Waals surface area contributed by atoms with E-state index < -0.39 is 0 Å². The number of urea groups is 1. The van der Waals surface area contributed by atoms with Crippen LogP contribution in [0.2, 0.25) is 0 Å². The first kappa shape index (κ1) is 18.8.